The molecule has 0 aromatic heterocycles. The zero-order valence-corrected chi connectivity index (χ0v) is 11.4. The van der Waals surface area contributed by atoms with Crippen LogP contribution in [0.5, 0.6) is 0 Å². The van der Waals surface area contributed by atoms with Gasteiger partial charge in [-0.15, -0.1) is 0 Å². The van der Waals surface area contributed by atoms with Gasteiger partial charge in [-0.1, -0.05) is 42.5 Å². The van der Waals surface area contributed by atoms with E-state index in [4.69, 9.17) is 0 Å². The molecule has 2 nitrogen and oxygen atoms in total. The third-order valence-corrected chi connectivity index (χ3v) is 3.73. The summed E-state index contributed by atoms with van der Waals surface area (Å²) in [6.07, 6.45) is 0. The molecule has 0 aliphatic heterocycles. The molecule has 0 saturated heterocycles. The van der Waals surface area contributed by atoms with Crippen LogP contribution in [0.15, 0.2) is 54.6 Å². The molecule has 0 saturated carbocycles. The first-order valence-corrected chi connectivity index (χ1v) is 6.60. The molecule has 0 spiro atoms. The maximum absolute atomic E-state index is 13.9. The fourth-order valence-electron chi connectivity index (χ4n) is 2.66. The fourth-order valence-corrected chi connectivity index (χ4v) is 2.66. The molecule has 3 aromatic rings. The van der Waals surface area contributed by atoms with Crippen molar-refractivity contribution >= 4 is 16.7 Å². The van der Waals surface area contributed by atoms with Crippen LogP contribution in [0.2, 0.25) is 0 Å². The number of carboxylic acids is 1. The SMILES string of the molecule is Cc1c(C(=O)O)cccc1-c1ccc(F)c2ccccc12. The molecule has 0 amide bonds. The summed E-state index contributed by atoms with van der Waals surface area (Å²) in [7, 11) is 0. The number of hydrogen-bond donors (Lipinski definition) is 1. The van der Waals surface area contributed by atoms with Gasteiger partial charge in [-0.3, -0.25) is 0 Å². The van der Waals surface area contributed by atoms with Gasteiger partial charge < -0.3 is 5.11 Å². The van der Waals surface area contributed by atoms with Gasteiger partial charge in [0, 0.05) is 5.39 Å². The number of halogens is 1. The Labute approximate surface area is 121 Å². The number of benzene rings is 3. The monoisotopic (exact) mass is 280 g/mol. The maximum Gasteiger partial charge on any atom is 0.335 e. The summed E-state index contributed by atoms with van der Waals surface area (Å²) in [5, 5.41) is 10.6. The second-order valence-corrected chi connectivity index (χ2v) is 4.92. The van der Waals surface area contributed by atoms with Crippen LogP contribution in [0, 0.1) is 12.7 Å². The predicted molar refractivity (Wildman–Crippen MR) is 81.0 cm³/mol. The largest absolute Gasteiger partial charge is 0.478 e. The Bertz CT molecular complexity index is 853. The van der Waals surface area contributed by atoms with E-state index in [1.165, 1.54) is 6.07 Å². The van der Waals surface area contributed by atoms with Crippen molar-refractivity contribution < 1.29 is 14.3 Å². The van der Waals surface area contributed by atoms with Gasteiger partial charge in [0.15, 0.2) is 0 Å². The van der Waals surface area contributed by atoms with E-state index >= 15 is 0 Å². The Kier molecular flexibility index (Phi) is 3.18. The van der Waals surface area contributed by atoms with Crippen LogP contribution in [0.3, 0.4) is 0 Å². The van der Waals surface area contributed by atoms with Crippen LogP contribution in [-0.4, -0.2) is 11.1 Å². The molecule has 0 aliphatic carbocycles. The van der Waals surface area contributed by atoms with Crippen molar-refractivity contribution in [2.75, 3.05) is 0 Å². The van der Waals surface area contributed by atoms with Crippen LogP contribution in [0.1, 0.15) is 15.9 Å². The summed E-state index contributed by atoms with van der Waals surface area (Å²) in [4.78, 5) is 11.3. The van der Waals surface area contributed by atoms with Gasteiger partial charge in [-0.05, 0) is 41.1 Å². The van der Waals surface area contributed by atoms with Crippen molar-refractivity contribution in [1.29, 1.82) is 0 Å². The quantitative estimate of drug-likeness (QED) is 0.741. The van der Waals surface area contributed by atoms with Gasteiger partial charge in [0.25, 0.3) is 0 Å². The lowest BCUT2D eigenvalue weighted by atomic mass is 9.92. The highest BCUT2D eigenvalue weighted by molar-refractivity contribution is 6.00. The van der Waals surface area contributed by atoms with Crippen LogP contribution in [-0.2, 0) is 0 Å². The topological polar surface area (TPSA) is 37.3 Å². The standard InChI is InChI=1S/C18H13FO2/c1-11-12(7-4-8-13(11)18(20)21)15-9-10-17(19)16-6-3-2-5-14(15)16/h2-10H,1H3,(H,20,21). The summed E-state index contributed by atoms with van der Waals surface area (Å²) < 4.78 is 13.9. The minimum atomic E-state index is -0.958. The summed E-state index contributed by atoms with van der Waals surface area (Å²) in [5.41, 5.74) is 2.60. The van der Waals surface area contributed by atoms with Crippen molar-refractivity contribution in [3.05, 3.63) is 71.5 Å². The van der Waals surface area contributed by atoms with Crippen molar-refractivity contribution in [1.82, 2.24) is 0 Å². The highest BCUT2D eigenvalue weighted by Gasteiger charge is 2.14. The van der Waals surface area contributed by atoms with Crippen LogP contribution < -0.4 is 0 Å². The highest BCUT2D eigenvalue weighted by Crippen LogP contribution is 2.33. The van der Waals surface area contributed by atoms with Gasteiger partial charge in [-0.25, -0.2) is 9.18 Å². The molecular formula is C18H13FO2. The van der Waals surface area contributed by atoms with E-state index in [0.717, 1.165) is 16.5 Å². The second kappa shape index (κ2) is 5.02. The van der Waals surface area contributed by atoms with Crippen molar-refractivity contribution in [2.45, 2.75) is 6.92 Å². The number of carboxylic acid groups (broad SMARTS) is 1. The Morgan fingerprint density at radius 3 is 2.33 bits per heavy atom. The van der Waals surface area contributed by atoms with E-state index in [2.05, 4.69) is 0 Å². The van der Waals surface area contributed by atoms with Crippen LogP contribution >= 0.6 is 0 Å². The molecule has 0 heterocycles. The second-order valence-electron chi connectivity index (χ2n) is 4.92. The Hall–Kier alpha value is -2.68. The zero-order chi connectivity index (χ0) is 15.0. The van der Waals surface area contributed by atoms with Crippen LogP contribution in [0.25, 0.3) is 21.9 Å². The fraction of sp³-hybridized carbons (Fsp3) is 0.0556. The van der Waals surface area contributed by atoms with Crippen molar-refractivity contribution in [2.24, 2.45) is 0 Å². The smallest absolute Gasteiger partial charge is 0.335 e. The normalized spacial score (nSPS) is 10.8. The Balaban J connectivity index is 2.34. The molecule has 0 unspecified atom stereocenters. The maximum atomic E-state index is 13.9. The minimum Gasteiger partial charge on any atom is -0.478 e. The predicted octanol–water partition coefficient (Wildman–Crippen LogP) is 4.65. The lowest BCUT2D eigenvalue weighted by Gasteiger charge is -2.12. The molecule has 3 heteroatoms. The number of carbonyl (C=O) groups is 1. The number of fused-ring (bicyclic) bond motifs is 1. The number of rotatable bonds is 2. The summed E-state index contributed by atoms with van der Waals surface area (Å²) in [6.45, 7) is 1.77. The van der Waals surface area contributed by atoms with E-state index in [1.54, 1.807) is 37.3 Å². The third kappa shape index (κ3) is 2.17. The first-order chi connectivity index (χ1) is 10.1. The molecule has 104 valence electrons. The van der Waals surface area contributed by atoms with Gasteiger partial charge >= 0.3 is 5.97 Å². The van der Waals surface area contributed by atoms with Crippen LogP contribution in [0.4, 0.5) is 4.39 Å². The summed E-state index contributed by atoms with van der Waals surface area (Å²) in [6, 6.07) is 15.5. The van der Waals surface area contributed by atoms with Gasteiger partial charge in [0.2, 0.25) is 0 Å². The zero-order valence-electron chi connectivity index (χ0n) is 11.4. The van der Waals surface area contributed by atoms with E-state index < -0.39 is 5.97 Å². The summed E-state index contributed by atoms with van der Waals surface area (Å²) >= 11 is 0. The molecule has 0 fully saturated rings. The van der Waals surface area contributed by atoms with E-state index in [9.17, 15) is 14.3 Å². The Morgan fingerprint density at radius 1 is 0.905 bits per heavy atom. The number of hydrogen-bond acceptors (Lipinski definition) is 1. The van der Waals surface area contributed by atoms with Crippen molar-refractivity contribution in [3.8, 4) is 11.1 Å². The molecule has 21 heavy (non-hydrogen) atoms. The van der Waals surface area contributed by atoms with Gasteiger partial charge in [0.05, 0.1) is 5.56 Å². The summed E-state index contributed by atoms with van der Waals surface area (Å²) in [5.74, 6) is -1.23. The molecule has 1 N–H and O–H groups in total. The minimum absolute atomic E-state index is 0.265. The van der Waals surface area contributed by atoms with E-state index in [-0.39, 0.29) is 11.4 Å². The van der Waals surface area contributed by atoms with Gasteiger partial charge in [-0.2, -0.15) is 0 Å². The first-order valence-electron chi connectivity index (χ1n) is 6.60. The molecular weight excluding hydrogens is 267 g/mol. The molecule has 3 rings (SSSR count). The average Bonchev–Trinajstić information content (AvgIpc) is 2.48. The number of aromatic carboxylic acids is 1. The average molecular weight is 280 g/mol. The van der Waals surface area contributed by atoms with Gasteiger partial charge in [0.1, 0.15) is 5.82 Å². The Morgan fingerprint density at radius 2 is 1.62 bits per heavy atom. The first kappa shape index (κ1) is 13.3. The lowest BCUT2D eigenvalue weighted by Crippen LogP contribution is -2.01. The third-order valence-electron chi connectivity index (χ3n) is 3.73. The molecule has 0 aliphatic rings. The van der Waals surface area contributed by atoms with Crippen molar-refractivity contribution in [3.63, 3.8) is 0 Å². The van der Waals surface area contributed by atoms with E-state index in [0.29, 0.717) is 10.9 Å². The molecule has 0 atom stereocenters. The molecule has 3 aromatic carbocycles. The molecule has 0 radical (unpaired) electrons. The lowest BCUT2D eigenvalue weighted by molar-refractivity contribution is 0.0696. The van der Waals surface area contributed by atoms with E-state index in [1.807, 2.05) is 18.2 Å². The highest BCUT2D eigenvalue weighted by atomic mass is 19.1. The molecule has 0 bridgehead atoms.